The van der Waals surface area contributed by atoms with Crippen molar-refractivity contribution in [2.75, 3.05) is 4.90 Å². The van der Waals surface area contributed by atoms with E-state index in [4.69, 9.17) is 0 Å². The Labute approximate surface area is 341 Å². The first-order valence-electron chi connectivity index (χ1n) is 20.8. The van der Waals surface area contributed by atoms with Crippen LogP contribution in [0, 0.1) is 0 Å². The molecule has 1 nitrogen and oxygen atoms in total. The van der Waals surface area contributed by atoms with Gasteiger partial charge >= 0.3 is 0 Å². The highest BCUT2D eigenvalue weighted by atomic mass is 15.1. The van der Waals surface area contributed by atoms with E-state index in [1.807, 2.05) is 0 Å². The Morgan fingerprint density at radius 2 is 0.845 bits per heavy atom. The number of benzene rings is 9. The van der Waals surface area contributed by atoms with Crippen LogP contribution in [0.4, 0.5) is 17.1 Å². The first-order chi connectivity index (χ1) is 28.0. The molecule has 278 valence electrons. The van der Waals surface area contributed by atoms with Crippen LogP contribution >= 0.6 is 0 Å². The van der Waals surface area contributed by atoms with Gasteiger partial charge in [-0.05, 0) is 148 Å². The average molecular weight is 744 g/mol. The monoisotopic (exact) mass is 743 g/mol. The average Bonchev–Trinajstić information content (AvgIpc) is 3.71. The van der Waals surface area contributed by atoms with Gasteiger partial charge in [0.05, 0.1) is 5.69 Å². The Hall–Kier alpha value is -6.44. The largest absolute Gasteiger partial charge is 0.310 e. The van der Waals surface area contributed by atoms with Crippen molar-refractivity contribution in [3.8, 4) is 33.4 Å². The lowest BCUT2D eigenvalue weighted by atomic mass is 9.79. The third kappa shape index (κ3) is 4.32. The predicted molar refractivity (Wildman–Crippen MR) is 246 cm³/mol. The van der Waals surface area contributed by atoms with Crippen molar-refractivity contribution < 1.29 is 0 Å². The number of hydrogen-bond donors (Lipinski definition) is 0. The highest BCUT2D eigenvalue weighted by Crippen LogP contribution is 2.59. The second-order valence-electron chi connectivity index (χ2n) is 18.5. The molecule has 0 radical (unpaired) electrons. The number of para-hydroxylation sites is 1. The van der Waals surface area contributed by atoms with E-state index in [1.54, 1.807) is 0 Å². The highest BCUT2D eigenvalue weighted by Gasteiger charge is 2.43. The van der Waals surface area contributed by atoms with Gasteiger partial charge in [-0.15, -0.1) is 0 Å². The van der Waals surface area contributed by atoms with Crippen LogP contribution in [-0.2, 0) is 16.2 Å². The number of fused-ring (bicyclic) bond motifs is 14. The fourth-order valence-corrected chi connectivity index (χ4v) is 11.3. The molecule has 12 rings (SSSR count). The lowest BCUT2D eigenvalue weighted by Crippen LogP contribution is -2.18. The zero-order valence-corrected chi connectivity index (χ0v) is 34.0. The zero-order valence-electron chi connectivity index (χ0n) is 34.0. The minimum atomic E-state index is -0.193. The SMILES string of the molecule is CC1(C)c2cc(N(c3ccccc3)c3cc4c(c5ccccc35)-c3cc5ccccc5cc3C4(C)C)ccc2-c2cc3c(cc21)-c1c(ccc2ccccc12)C3(C)C. The van der Waals surface area contributed by atoms with E-state index in [0.717, 1.165) is 5.69 Å². The molecule has 0 spiro atoms. The molecule has 0 atom stereocenters. The van der Waals surface area contributed by atoms with Gasteiger partial charge in [0.15, 0.2) is 0 Å². The summed E-state index contributed by atoms with van der Waals surface area (Å²) in [5.74, 6) is 0. The number of anilines is 3. The Bertz CT molecular complexity index is 3250. The lowest BCUT2D eigenvalue weighted by Gasteiger charge is -2.31. The standard InChI is InChI=1S/C57H45N/c1-55(2)46-27-24-34-16-12-13-21-39(34)53(46)45-32-49-43(31-50(45)55)40-26-25-38(30-48(40)56(49,3)4)58(37-19-8-7-9-20-37)52-33-51-54(42-23-15-14-22-41(42)52)44-28-35-17-10-11-18-36(35)29-47(44)57(51,5)6/h7-33H,1-6H3. The number of nitrogens with zero attached hydrogens (tertiary/aromatic N) is 1. The van der Waals surface area contributed by atoms with Gasteiger partial charge in [-0.3, -0.25) is 0 Å². The molecule has 0 N–H and O–H groups in total. The summed E-state index contributed by atoms with van der Waals surface area (Å²) in [6, 6.07) is 62.2. The van der Waals surface area contributed by atoms with E-state index in [0.29, 0.717) is 0 Å². The van der Waals surface area contributed by atoms with Crippen molar-refractivity contribution in [2.45, 2.75) is 57.8 Å². The molecule has 0 amide bonds. The van der Waals surface area contributed by atoms with Crippen molar-refractivity contribution in [2.24, 2.45) is 0 Å². The Morgan fingerprint density at radius 3 is 1.62 bits per heavy atom. The molecule has 3 aliphatic rings. The van der Waals surface area contributed by atoms with Gasteiger partial charge in [-0.2, -0.15) is 0 Å². The maximum atomic E-state index is 2.55. The van der Waals surface area contributed by atoms with Gasteiger partial charge in [-0.1, -0.05) is 151 Å². The minimum absolute atomic E-state index is 0.0878. The molecule has 9 aromatic rings. The molecule has 3 aliphatic carbocycles. The molecule has 1 heteroatoms. The molecule has 9 aromatic carbocycles. The molecule has 0 aromatic heterocycles. The van der Waals surface area contributed by atoms with Crippen molar-refractivity contribution in [1.82, 2.24) is 0 Å². The van der Waals surface area contributed by atoms with E-state index in [9.17, 15) is 0 Å². The van der Waals surface area contributed by atoms with Crippen molar-refractivity contribution in [3.05, 3.63) is 197 Å². The fourth-order valence-electron chi connectivity index (χ4n) is 11.3. The quantitative estimate of drug-likeness (QED) is 0.174. The molecular formula is C57H45N. The van der Waals surface area contributed by atoms with Crippen molar-refractivity contribution in [3.63, 3.8) is 0 Å². The molecule has 0 unspecified atom stereocenters. The van der Waals surface area contributed by atoms with Gasteiger partial charge in [-0.25, -0.2) is 0 Å². The maximum absolute atomic E-state index is 2.55. The van der Waals surface area contributed by atoms with Gasteiger partial charge in [0.2, 0.25) is 0 Å². The fraction of sp³-hybridized carbons (Fsp3) is 0.158. The summed E-state index contributed by atoms with van der Waals surface area (Å²) in [6.45, 7) is 14.5. The van der Waals surface area contributed by atoms with Crippen molar-refractivity contribution >= 4 is 49.4 Å². The van der Waals surface area contributed by atoms with Gasteiger partial charge in [0.1, 0.15) is 0 Å². The first kappa shape index (κ1) is 33.7. The summed E-state index contributed by atoms with van der Waals surface area (Å²) in [7, 11) is 0. The summed E-state index contributed by atoms with van der Waals surface area (Å²) < 4.78 is 0. The van der Waals surface area contributed by atoms with Crippen LogP contribution in [0.5, 0.6) is 0 Å². The third-order valence-corrected chi connectivity index (χ3v) is 14.4. The summed E-state index contributed by atoms with van der Waals surface area (Å²) in [6.07, 6.45) is 0. The molecule has 0 saturated heterocycles. The number of rotatable bonds is 3. The Balaban J connectivity index is 1.06. The van der Waals surface area contributed by atoms with E-state index < -0.39 is 0 Å². The number of hydrogen-bond acceptors (Lipinski definition) is 1. The Morgan fingerprint density at radius 1 is 0.310 bits per heavy atom. The van der Waals surface area contributed by atoms with Crippen LogP contribution in [0.3, 0.4) is 0 Å². The van der Waals surface area contributed by atoms with E-state index in [1.165, 1.54) is 110 Å². The molecule has 0 bridgehead atoms. The topological polar surface area (TPSA) is 3.24 Å². The summed E-state index contributed by atoms with van der Waals surface area (Å²) in [5.41, 5.74) is 19.8. The van der Waals surface area contributed by atoms with Crippen LogP contribution in [0.25, 0.3) is 65.7 Å². The smallest absolute Gasteiger partial charge is 0.0543 e. The Kier molecular flexibility index (Phi) is 6.60. The molecular weight excluding hydrogens is 699 g/mol. The van der Waals surface area contributed by atoms with Crippen LogP contribution in [-0.4, -0.2) is 0 Å². The van der Waals surface area contributed by atoms with Gasteiger partial charge in [0.25, 0.3) is 0 Å². The normalized spacial score (nSPS) is 15.8. The third-order valence-electron chi connectivity index (χ3n) is 14.4. The maximum Gasteiger partial charge on any atom is 0.0543 e. The summed E-state index contributed by atoms with van der Waals surface area (Å²) in [5, 5.41) is 7.80. The lowest BCUT2D eigenvalue weighted by molar-refractivity contribution is 0.652. The zero-order chi connectivity index (χ0) is 39.3. The molecule has 58 heavy (non-hydrogen) atoms. The van der Waals surface area contributed by atoms with E-state index in [2.05, 4.69) is 210 Å². The van der Waals surface area contributed by atoms with Crippen LogP contribution in [0.1, 0.15) is 74.9 Å². The molecule has 0 fully saturated rings. The minimum Gasteiger partial charge on any atom is -0.310 e. The molecule has 0 saturated carbocycles. The highest BCUT2D eigenvalue weighted by molar-refractivity contribution is 6.11. The van der Waals surface area contributed by atoms with Crippen LogP contribution < -0.4 is 4.90 Å². The van der Waals surface area contributed by atoms with Crippen LogP contribution in [0.2, 0.25) is 0 Å². The van der Waals surface area contributed by atoms with E-state index in [-0.39, 0.29) is 16.2 Å². The van der Waals surface area contributed by atoms with Gasteiger partial charge in [0, 0.05) is 33.0 Å². The first-order valence-corrected chi connectivity index (χ1v) is 20.8. The van der Waals surface area contributed by atoms with Gasteiger partial charge < -0.3 is 4.90 Å². The summed E-state index contributed by atoms with van der Waals surface area (Å²) >= 11 is 0. The second kappa shape index (κ2) is 11.4. The van der Waals surface area contributed by atoms with E-state index >= 15 is 0 Å². The molecule has 0 heterocycles. The predicted octanol–water partition coefficient (Wildman–Crippen LogP) is 15.5. The van der Waals surface area contributed by atoms with Crippen molar-refractivity contribution in [1.29, 1.82) is 0 Å². The summed E-state index contributed by atoms with van der Waals surface area (Å²) in [4.78, 5) is 2.52. The second-order valence-corrected chi connectivity index (χ2v) is 18.5. The van der Waals surface area contributed by atoms with Crippen LogP contribution in [0.15, 0.2) is 164 Å². The molecule has 0 aliphatic heterocycles.